The van der Waals surface area contributed by atoms with Crippen LogP contribution in [0.3, 0.4) is 0 Å². The molecule has 1 aromatic carbocycles. The lowest BCUT2D eigenvalue weighted by atomic mass is 10.1. The van der Waals surface area contributed by atoms with Crippen molar-refractivity contribution in [3.63, 3.8) is 0 Å². The Kier molecular flexibility index (Phi) is 4.76. The van der Waals surface area contributed by atoms with Crippen molar-refractivity contribution in [3.8, 4) is 11.1 Å². The van der Waals surface area contributed by atoms with E-state index in [-0.39, 0.29) is 11.9 Å². The molecule has 116 valence electrons. The zero-order chi connectivity index (χ0) is 15.5. The molecule has 0 radical (unpaired) electrons. The van der Waals surface area contributed by atoms with Crippen LogP contribution in [0.15, 0.2) is 36.5 Å². The largest absolute Gasteiger partial charge is 0.349 e. The summed E-state index contributed by atoms with van der Waals surface area (Å²) in [6.45, 7) is 1.29. The molecule has 1 aliphatic rings. The molecule has 0 bridgehead atoms. The van der Waals surface area contributed by atoms with Gasteiger partial charge in [0.1, 0.15) is 5.69 Å². The van der Waals surface area contributed by atoms with Crippen molar-refractivity contribution >= 4 is 29.6 Å². The number of carbonyl (C=O) groups excluding carboxylic acids is 1. The Morgan fingerprint density at radius 3 is 3.05 bits per heavy atom. The molecule has 22 heavy (non-hydrogen) atoms. The first-order chi connectivity index (χ1) is 10.7. The van der Waals surface area contributed by atoms with Gasteiger partial charge in [-0.25, -0.2) is 0 Å². The van der Waals surface area contributed by atoms with E-state index in [1.807, 2.05) is 42.8 Å². The van der Waals surface area contributed by atoms with Crippen LogP contribution in [0.4, 0.5) is 0 Å². The van der Waals surface area contributed by atoms with E-state index in [1.54, 1.807) is 0 Å². The number of benzene rings is 1. The highest BCUT2D eigenvalue weighted by molar-refractivity contribution is 7.93. The van der Waals surface area contributed by atoms with Crippen LogP contribution in [-0.4, -0.2) is 29.9 Å². The van der Waals surface area contributed by atoms with E-state index in [1.165, 1.54) is 12.0 Å². The van der Waals surface area contributed by atoms with E-state index >= 15 is 0 Å². The van der Waals surface area contributed by atoms with Gasteiger partial charge in [-0.3, -0.25) is 4.79 Å². The number of carbonyl (C=O) groups is 1. The van der Waals surface area contributed by atoms with Crippen LogP contribution in [0.2, 0.25) is 5.02 Å². The molecule has 2 heterocycles. The molecule has 3 rings (SSSR count). The number of halogens is 1. The van der Waals surface area contributed by atoms with Crippen molar-refractivity contribution in [2.45, 2.75) is 12.5 Å². The van der Waals surface area contributed by atoms with Crippen molar-refractivity contribution in [2.24, 2.45) is 0 Å². The van der Waals surface area contributed by atoms with Crippen LogP contribution >= 0.6 is 23.6 Å². The maximum atomic E-state index is 12.1. The molecule has 0 saturated carbocycles. The lowest BCUT2D eigenvalue weighted by Crippen LogP contribution is -2.38. The standard InChI is InChI=1S/C16H17ClN2O2S/c1-22-21-6-5-14-9-18-16(20)15-8-12(10-19(14)15)11-3-2-4-13(17)7-11/h2-4,7-8,10,14H,5-6,9H2,1H3,(H,18,20). The van der Waals surface area contributed by atoms with Gasteiger partial charge in [0.15, 0.2) is 0 Å². The lowest BCUT2D eigenvalue weighted by Gasteiger charge is -2.26. The average molecular weight is 337 g/mol. The van der Waals surface area contributed by atoms with Gasteiger partial charge in [-0.2, -0.15) is 0 Å². The van der Waals surface area contributed by atoms with Gasteiger partial charge in [-0.05, 0) is 42.2 Å². The quantitative estimate of drug-likeness (QED) is 0.667. The first-order valence-corrected chi connectivity index (χ1v) is 8.63. The third kappa shape index (κ3) is 3.16. The predicted molar refractivity (Wildman–Crippen MR) is 90.3 cm³/mol. The Labute approximate surface area is 139 Å². The number of amides is 1. The summed E-state index contributed by atoms with van der Waals surface area (Å²) in [5.41, 5.74) is 2.71. The third-order valence-corrected chi connectivity index (χ3v) is 4.42. The molecule has 1 unspecified atom stereocenters. The minimum atomic E-state index is -0.0321. The van der Waals surface area contributed by atoms with Gasteiger partial charge in [0, 0.05) is 29.6 Å². The van der Waals surface area contributed by atoms with Crippen LogP contribution in [0.5, 0.6) is 0 Å². The number of nitrogens with zero attached hydrogens (tertiary/aromatic N) is 1. The molecule has 4 nitrogen and oxygen atoms in total. The van der Waals surface area contributed by atoms with E-state index in [9.17, 15) is 4.79 Å². The molecule has 0 saturated heterocycles. The molecular formula is C16H17ClN2O2S. The molecule has 0 fully saturated rings. The number of nitrogens with one attached hydrogen (secondary N) is 1. The second-order valence-corrected chi connectivity index (χ2v) is 6.18. The maximum Gasteiger partial charge on any atom is 0.268 e. The van der Waals surface area contributed by atoms with Gasteiger partial charge in [0.2, 0.25) is 0 Å². The van der Waals surface area contributed by atoms with Crippen LogP contribution in [-0.2, 0) is 4.18 Å². The smallest absolute Gasteiger partial charge is 0.268 e. The van der Waals surface area contributed by atoms with Gasteiger partial charge in [0.05, 0.1) is 12.6 Å². The monoisotopic (exact) mass is 336 g/mol. The maximum absolute atomic E-state index is 12.1. The predicted octanol–water partition coefficient (Wildman–Crippen LogP) is 3.78. The fourth-order valence-electron chi connectivity index (χ4n) is 2.70. The molecule has 1 aromatic heterocycles. The highest BCUT2D eigenvalue weighted by Gasteiger charge is 2.25. The second kappa shape index (κ2) is 6.77. The first-order valence-electron chi connectivity index (χ1n) is 7.10. The Bertz CT molecular complexity index is 687. The minimum absolute atomic E-state index is 0.0321. The fraction of sp³-hybridized carbons (Fsp3) is 0.312. The van der Waals surface area contributed by atoms with E-state index in [4.69, 9.17) is 15.8 Å². The van der Waals surface area contributed by atoms with Crippen LogP contribution in [0.25, 0.3) is 11.1 Å². The molecule has 1 aliphatic heterocycles. The summed E-state index contributed by atoms with van der Waals surface area (Å²) in [6.07, 6.45) is 4.79. The van der Waals surface area contributed by atoms with Gasteiger partial charge >= 0.3 is 0 Å². The number of hydrogen-bond acceptors (Lipinski definition) is 3. The molecule has 2 aromatic rings. The first kappa shape index (κ1) is 15.5. The normalized spacial score (nSPS) is 17.2. The zero-order valence-electron chi connectivity index (χ0n) is 12.2. The lowest BCUT2D eigenvalue weighted by molar-refractivity contribution is 0.0910. The molecule has 1 amide bonds. The Morgan fingerprint density at radius 1 is 1.41 bits per heavy atom. The summed E-state index contributed by atoms with van der Waals surface area (Å²) >= 11 is 7.42. The zero-order valence-corrected chi connectivity index (χ0v) is 13.8. The van der Waals surface area contributed by atoms with Crippen LogP contribution < -0.4 is 5.32 Å². The fourth-order valence-corrected chi connectivity index (χ4v) is 3.15. The van der Waals surface area contributed by atoms with E-state index in [0.29, 0.717) is 23.9 Å². The summed E-state index contributed by atoms with van der Waals surface area (Å²) in [5, 5.41) is 3.63. The highest BCUT2D eigenvalue weighted by Crippen LogP contribution is 2.29. The van der Waals surface area contributed by atoms with Gasteiger partial charge < -0.3 is 14.1 Å². The van der Waals surface area contributed by atoms with Gasteiger partial charge in [-0.1, -0.05) is 23.7 Å². The van der Waals surface area contributed by atoms with Gasteiger partial charge in [-0.15, -0.1) is 0 Å². The number of hydrogen-bond donors (Lipinski definition) is 1. The second-order valence-electron chi connectivity index (χ2n) is 5.17. The average Bonchev–Trinajstić information content (AvgIpc) is 2.96. The van der Waals surface area contributed by atoms with Gasteiger partial charge in [0.25, 0.3) is 5.91 Å². The van der Waals surface area contributed by atoms with Crippen molar-refractivity contribution in [2.75, 3.05) is 19.4 Å². The van der Waals surface area contributed by atoms with E-state index in [0.717, 1.165) is 17.5 Å². The summed E-state index contributed by atoms with van der Waals surface area (Å²) in [5.74, 6) is -0.0321. The Balaban J connectivity index is 1.90. The Hall–Kier alpha value is -1.43. The Morgan fingerprint density at radius 2 is 2.27 bits per heavy atom. The summed E-state index contributed by atoms with van der Waals surface area (Å²) in [6, 6.07) is 9.80. The molecular weight excluding hydrogens is 320 g/mol. The number of rotatable bonds is 5. The van der Waals surface area contributed by atoms with Crippen molar-refractivity contribution in [1.29, 1.82) is 0 Å². The summed E-state index contributed by atoms with van der Waals surface area (Å²) < 4.78 is 7.41. The molecule has 6 heteroatoms. The summed E-state index contributed by atoms with van der Waals surface area (Å²) in [4.78, 5) is 12.1. The van der Waals surface area contributed by atoms with Crippen molar-refractivity contribution in [3.05, 3.63) is 47.2 Å². The van der Waals surface area contributed by atoms with Crippen molar-refractivity contribution in [1.82, 2.24) is 9.88 Å². The van der Waals surface area contributed by atoms with Crippen LogP contribution in [0.1, 0.15) is 23.0 Å². The number of fused-ring (bicyclic) bond motifs is 1. The molecule has 0 spiro atoms. The highest BCUT2D eigenvalue weighted by atomic mass is 35.5. The summed E-state index contributed by atoms with van der Waals surface area (Å²) in [7, 11) is 0. The van der Waals surface area contributed by atoms with Crippen molar-refractivity contribution < 1.29 is 8.98 Å². The molecule has 1 N–H and O–H groups in total. The number of aromatic nitrogens is 1. The van der Waals surface area contributed by atoms with E-state index < -0.39 is 0 Å². The molecule has 0 aliphatic carbocycles. The van der Waals surface area contributed by atoms with E-state index in [2.05, 4.69) is 9.88 Å². The SMILES string of the molecule is CSOCCC1CNC(=O)c2cc(-c3cccc(Cl)c3)cn21. The topological polar surface area (TPSA) is 43.3 Å². The molecule has 1 atom stereocenters. The minimum Gasteiger partial charge on any atom is -0.349 e. The third-order valence-electron chi connectivity index (χ3n) is 3.78. The van der Waals surface area contributed by atoms with Crippen LogP contribution in [0, 0.1) is 0 Å².